The van der Waals surface area contributed by atoms with Gasteiger partial charge in [-0.05, 0) is 23.8 Å². The summed E-state index contributed by atoms with van der Waals surface area (Å²) in [6.45, 7) is -0.242. The van der Waals surface area contributed by atoms with Crippen LogP contribution in [0.2, 0.25) is 0 Å². The zero-order chi connectivity index (χ0) is 15.6. The number of alkyl halides is 3. The maximum absolute atomic E-state index is 12.6. The van der Waals surface area contributed by atoms with E-state index in [4.69, 9.17) is 10.5 Å². The first kappa shape index (κ1) is 15.0. The number of benzene rings is 1. The van der Waals surface area contributed by atoms with Gasteiger partial charge in [-0.3, -0.25) is 0 Å². The van der Waals surface area contributed by atoms with Gasteiger partial charge in [0.15, 0.2) is 0 Å². The number of hydrogen-bond acceptors (Lipinski definition) is 3. The van der Waals surface area contributed by atoms with Gasteiger partial charge in [-0.25, -0.2) is 4.79 Å². The molecule has 1 heterocycles. The van der Waals surface area contributed by atoms with E-state index in [0.29, 0.717) is 5.69 Å². The van der Waals surface area contributed by atoms with E-state index in [1.165, 1.54) is 22.8 Å². The van der Waals surface area contributed by atoms with Crippen molar-refractivity contribution in [3.05, 3.63) is 53.3 Å². The lowest BCUT2D eigenvalue weighted by atomic mass is 10.1. The number of nitrogens with two attached hydrogens (primary N) is 1. The Labute approximate surface area is 118 Å². The van der Waals surface area contributed by atoms with Crippen LogP contribution in [0.4, 0.5) is 18.9 Å². The molecule has 0 bridgehead atoms. The largest absolute Gasteiger partial charge is 0.456 e. The minimum absolute atomic E-state index is 0.236. The lowest BCUT2D eigenvalue weighted by Crippen LogP contribution is -2.10. The van der Waals surface area contributed by atoms with Gasteiger partial charge >= 0.3 is 12.1 Å². The Bertz CT molecular complexity index is 662. The lowest BCUT2D eigenvalue weighted by molar-refractivity contribution is -0.137. The lowest BCUT2D eigenvalue weighted by Gasteiger charge is -2.09. The molecule has 112 valence electrons. The monoisotopic (exact) mass is 298 g/mol. The third-order valence-electron chi connectivity index (χ3n) is 2.86. The number of carbonyl (C=O) groups excluding carboxylic acids is 1. The Morgan fingerprint density at radius 2 is 2.05 bits per heavy atom. The fraction of sp³-hybridized carbons (Fsp3) is 0.214. The van der Waals surface area contributed by atoms with Gasteiger partial charge in [0.05, 0.1) is 11.3 Å². The Morgan fingerprint density at radius 1 is 1.33 bits per heavy atom. The van der Waals surface area contributed by atoms with Crippen molar-refractivity contribution in [3.63, 3.8) is 0 Å². The molecule has 2 rings (SSSR count). The Balaban J connectivity index is 2.07. The van der Waals surface area contributed by atoms with Crippen molar-refractivity contribution < 1.29 is 22.7 Å². The molecular formula is C14H13F3N2O2. The number of aromatic nitrogens is 1. The molecule has 0 atom stereocenters. The van der Waals surface area contributed by atoms with Crippen LogP contribution < -0.4 is 5.73 Å². The van der Waals surface area contributed by atoms with E-state index in [2.05, 4.69) is 0 Å². The average molecular weight is 298 g/mol. The molecule has 0 amide bonds. The number of halogens is 3. The highest BCUT2D eigenvalue weighted by Gasteiger charge is 2.30. The molecule has 1 aromatic carbocycles. The standard InChI is InChI=1S/C14H13F3N2O2/c1-19-7-11(18)6-12(19)13(20)21-8-9-3-2-4-10(5-9)14(15,16)17/h2-7H,8,18H2,1H3. The van der Waals surface area contributed by atoms with Crippen LogP contribution in [-0.2, 0) is 24.6 Å². The number of nitrogen functional groups attached to an aromatic ring is 1. The summed E-state index contributed by atoms with van der Waals surface area (Å²) in [5, 5.41) is 0. The van der Waals surface area contributed by atoms with Crippen LogP contribution in [0.1, 0.15) is 21.6 Å². The molecule has 2 aromatic rings. The molecule has 0 aliphatic carbocycles. The van der Waals surface area contributed by atoms with Crippen molar-refractivity contribution in [2.45, 2.75) is 12.8 Å². The molecule has 0 radical (unpaired) electrons. The first-order valence-corrected chi connectivity index (χ1v) is 6.02. The van der Waals surface area contributed by atoms with Crippen molar-refractivity contribution in [3.8, 4) is 0 Å². The highest BCUT2D eigenvalue weighted by molar-refractivity contribution is 5.89. The van der Waals surface area contributed by atoms with Crippen molar-refractivity contribution in [1.82, 2.24) is 4.57 Å². The number of hydrogen-bond donors (Lipinski definition) is 1. The van der Waals surface area contributed by atoms with Crippen molar-refractivity contribution in [1.29, 1.82) is 0 Å². The summed E-state index contributed by atoms with van der Waals surface area (Å²) in [5.74, 6) is -0.647. The molecule has 0 saturated heterocycles. The second kappa shape index (κ2) is 5.51. The quantitative estimate of drug-likeness (QED) is 0.886. The number of anilines is 1. The molecule has 2 N–H and O–H groups in total. The van der Waals surface area contributed by atoms with Gasteiger partial charge in [-0.2, -0.15) is 13.2 Å². The molecule has 1 aromatic heterocycles. The molecule has 0 spiro atoms. The summed E-state index contributed by atoms with van der Waals surface area (Å²) >= 11 is 0. The van der Waals surface area contributed by atoms with E-state index < -0.39 is 17.7 Å². The van der Waals surface area contributed by atoms with E-state index in [-0.39, 0.29) is 17.9 Å². The third-order valence-corrected chi connectivity index (χ3v) is 2.86. The molecule has 0 unspecified atom stereocenters. The molecule has 0 aliphatic heterocycles. The maximum Gasteiger partial charge on any atom is 0.416 e. The van der Waals surface area contributed by atoms with E-state index in [9.17, 15) is 18.0 Å². The fourth-order valence-corrected chi connectivity index (χ4v) is 1.85. The molecular weight excluding hydrogens is 285 g/mol. The molecule has 0 saturated carbocycles. The molecule has 21 heavy (non-hydrogen) atoms. The molecule has 7 heteroatoms. The van der Waals surface area contributed by atoms with Crippen LogP contribution in [0.15, 0.2) is 36.5 Å². The van der Waals surface area contributed by atoms with Crippen molar-refractivity contribution in [2.75, 3.05) is 5.73 Å². The highest BCUT2D eigenvalue weighted by atomic mass is 19.4. The van der Waals surface area contributed by atoms with Gasteiger partial charge < -0.3 is 15.0 Å². The van der Waals surface area contributed by atoms with Crippen LogP contribution in [0.3, 0.4) is 0 Å². The number of esters is 1. The first-order valence-electron chi connectivity index (χ1n) is 6.02. The highest BCUT2D eigenvalue weighted by Crippen LogP contribution is 2.29. The maximum atomic E-state index is 12.6. The summed E-state index contributed by atoms with van der Waals surface area (Å²) in [6, 6.07) is 6.08. The van der Waals surface area contributed by atoms with E-state index in [1.54, 1.807) is 13.2 Å². The van der Waals surface area contributed by atoms with Crippen LogP contribution in [0.5, 0.6) is 0 Å². The summed E-state index contributed by atoms with van der Waals surface area (Å²) in [5.41, 5.74) is 5.67. The Kier molecular flexibility index (Phi) is 3.93. The number of carbonyl (C=O) groups is 1. The van der Waals surface area contributed by atoms with Crippen LogP contribution >= 0.6 is 0 Å². The van der Waals surface area contributed by atoms with Gasteiger partial charge in [0.2, 0.25) is 0 Å². The number of rotatable bonds is 3. The summed E-state index contributed by atoms with van der Waals surface area (Å²) < 4.78 is 44.2. The van der Waals surface area contributed by atoms with Gasteiger partial charge in [0.1, 0.15) is 12.3 Å². The third kappa shape index (κ3) is 3.56. The summed E-state index contributed by atoms with van der Waals surface area (Å²) in [7, 11) is 1.62. The van der Waals surface area contributed by atoms with Crippen molar-refractivity contribution >= 4 is 11.7 Å². The van der Waals surface area contributed by atoms with Crippen LogP contribution in [0.25, 0.3) is 0 Å². The zero-order valence-corrected chi connectivity index (χ0v) is 11.1. The predicted molar refractivity (Wildman–Crippen MR) is 70.4 cm³/mol. The van der Waals surface area contributed by atoms with Crippen molar-refractivity contribution in [2.24, 2.45) is 7.05 Å². The normalized spacial score (nSPS) is 11.4. The van der Waals surface area contributed by atoms with Crippen LogP contribution in [0, 0.1) is 0 Å². The molecule has 0 aliphatic rings. The molecule has 4 nitrogen and oxygen atoms in total. The first-order chi connectivity index (χ1) is 9.77. The minimum Gasteiger partial charge on any atom is -0.456 e. The van der Waals surface area contributed by atoms with E-state index in [0.717, 1.165) is 12.1 Å². The minimum atomic E-state index is -4.42. The van der Waals surface area contributed by atoms with Gasteiger partial charge in [-0.15, -0.1) is 0 Å². The van der Waals surface area contributed by atoms with Gasteiger partial charge in [-0.1, -0.05) is 12.1 Å². The Morgan fingerprint density at radius 3 is 2.62 bits per heavy atom. The summed E-state index contributed by atoms with van der Waals surface area (Å²) in [4.78, 5) is 11.8. The number of nitrogens with zero attached hydrogens (tertiary/aromatic N) is 1. The topological polar surface area (TPSA) is 57.2 Å². The second-order valence-electron chi connectivity index (χ2n) is 4.54. The smallest absolute Gasteiger partial charge is 0.416 e. The SMILES string of the molecule is Cn1cc(N)cc1C(=O)OCc1cccc(C(F)(F)F)c1. The second-order valence-corrected chi connectivity index (χ2v) is 4.54. The van der Waals surface area contributed by atoms with Crippen LogP contribution in [-0.4, -0.2) is 10.5 Å². The average Bonchev–Trinajstić information content (AvgIpc) is 2.74. The Hall–Kier alpha value is -2.44. The fourth-order valence-electron chi connectivity index (χ4n) is 1.85. The molecule has 0 fully saturated rings. The summed E-state index contributed by atoms with van der Waals surface area (Å²) in [6.07, 6.45) is -2.88. The number of aryl methyl sites for hydroxylation is 1. The van der Waals surface area contributed by atoms with E-state index in [1.807, 2.05) is 0 Å². The van der Waals surface area contributed by atoms with Gasteiger partial charge in [0.25, 0.3) is 0 Å². The number of ether oxygens (including phenoxy) is 1. The predicted octanol–water partition coefficient (Wildman–Crippen LogP) is 2.98. The van der Waals surface area contributed by atoms with Gasteiger partial charge in [0, 0.05) is 13.2 Å². The van der Waals surface area contributed by atoms with E-state index >= 15 is 0 Å². The zero-order valence-electron chi connectivity index (χ0n) is 11.1.